The highest BCUT2D eigenvalue weighted by molar-refractivity contribution is 7.90. The number of carbonyl (C=O) groups is 1. The lowest BCUT2D eigenvalue weighted by Gasteiger charge is -2.09. The maximum absolute atomic E-state index is 11.7. The third-order valence-corrected chi connectivity index (χ3v) is 5.52. The Bertz CT molecular complexity index is 748. The molecule has 0 amide bonds. The lowest BCUT2D eigenvalue weighted by atomic mass is 10.0. The van der Waals surface area contributed by atoms with Crippen LogP contribution in [0.15, 0.2) is 48.5 Å². The van der Waals surface area contributed by atoms with E-state index >= 15 is 0 Å². The van der Waals surface area contributed by atoms with Crippen molar-refractivity contribution in [3.05, 3.63) is 59.7 Å². The van der Waals surface area contributed by atoms with Crippen molar-refractivity contribution in [1.82, 2.24) is 4.72 Å². The molecule has 2 aromatic rings. The normalized spacial score (nSPS) is 11.6. The molecule has 23 heavy (non-hydrogen) atoms. The number of sulfonamides is 1. The van der Waals surface area contributed by atoms with Crippen molar-refractivity contribution in [2.75, 3.05) is 6.54 Å². The molecule has 0 spiro atoms. The highest BCUT2D eigenvalue weighted by Crippen LogP contribution is 2.20. The van der Waals surface area contributed by atoms with Crippen LogP contribution in [0.2, 0.25) is 0 Å². The minimum atomic E-state index is -3.20. The SMILES string of the molecule is CC(C)S(=O)(=O)NCCc1ccc(-c2ccc(C=O)cc2)cc1. The van der Waals surface area contributed by atoms with E-state index < -0.39 is 15.3 Å². The Morgan fingerprint density at radius 1 is 0.957 bits per heavy atom. The first-order valence-electron chi connectivity index (χ1n) is 7.55. The van der Waals surface area contributed by atoms with Gasteiger partial charge in [0.25, 0.3) is 0 Å². The topological polar surface area (TPSA) is 63.2 Å². The Morgan fingerprint density at radius 3 is 1.96 bits per heavy atom. The van der Waals surface area contributed by atoms with Gasteiger partial charge < -0.3 is 0 Å². The Labute approximate surface area is 137 Å². The molecule has 4 nitrogen and oxygen atoms in total. The van der Waals surface area contributed by atoms with Crippen LogP contribution in [-0.4, -0.2) is 26.5 Å². The summed E-state index contributed by atoms with van der Waals surface area (Å²) < 4.78 is 26.0. The van der Waals surface area contributed by atoms with Gasteiger partial charge in [-0.05, 0) is 37.0 Å². The molecule has 2 aromatic carbocycles. The first-order valence-corrected chi connectivity index (χ1v) is 9.10. The molecule has 0 fully saturated rings. The van der Waals surface area contributed by atoms with Crippen LogP contribution in [0.3, 0.4) is 0 Å². The van der Waals surface area contributed by atoms with E-state index in [1.807, 2.05) is 36.4 Å². The summed E-state index contributed by atoms with van der Waals surface area (Å²) in [6, 6.07) is 15.4. The number of nitrogens with one attached hydrogen (secondary N) is 1. The summed E-state index contributed by atoms with van der Waals surface area (Å²) in [6.07, 6.45) is 1.47. The fourth-order valence-electron chi connectivity index (χ4n) is 2.12. The Hall–Kier alpha value is -1.98. The minimum absolute atomic E-state index is 0.397. The predicted molar refractivity (Wildman–Crippen MR) is 93.0 cm³/mol. The number of benzene rings is 2. The molecule has 0 bridgehead atoms. The van der Waals surface area contributed by atoms with E-state index in [0.717, 1.165) is 23.0 Å². The highest BCUT2D eigenvalue weighted by atomic mass is 32.2. The molecule has 0 aliphatic carbocycles. The lowest BCUT2D eigenvalue weighted by Crippen LogP contribution is -2.32. The molecule has 122 valence electrons. The van der Waals surface area contributed by atoms with Gasteiger partial charge in [-0.1, -0.05) is 48.5 Å². The summed E-state index contributed by atoms with van der Waals surface area (Å²) in [5, 5.41) is -0.417. The van der Waals surface area contributed by atoms with E-state index in [0.29, 0.717) is 18.5 Å². The van der Waals surface area contributed by atoms with Crippen LogP contribution in [0, 0.1) is 0 Å². The number of hydrogen-bond acceptors (Lipinski definition) is 3. The zero-order valence-electron chi connectivity index (χ0n) is 13.3. The average molecular weight is 331 g/mol. The second-order valence-electron chi connectivity index (χ2n) is 5.67. The lowest BCUT2D eigenvalue weighted by molar-refractivity contribution is 0.112. The molecule has 0 heterocycles. The molecule has 0 saturated carbocycles. The molecule has 0 aromatic heterocycles. The van der Waals surface area contributed by atoms with Crippen molar-refractivity contribution >= 4 is 16.3 Å². The van der Waals surface area contributed by atoms with Crippen LogP contribution in [-0.2, 0) is 16.4 Å². The summed E-state index contributed by atoms with van der Waals surface area (Å²) in [6.45, 7) is 3.72. The molecular formula is C18H21NO3S. The van der Waals surface area contributed by atoms with Gasteiger partial charge in [0, 0.05) is 12.1 Å². The third-order valence-electron chi connectivity index (χ3n) is 3.67. The minimum Gasteiger partial charge on any atom is -0.298 e. The number of hydrogen-bond donors (Lipinski definition) is 1. The summed E-state index contributed by atoms with van der Waals surface area (Å²) in [4.78, 5) is 10.7. The zero-order chi connectivity index (χ0) is 16.9. The standard InChI is InChI=1S/C18H21NO3S/c1-14(2)23(21,22)19-12-11-15-3-7-17(8-4-15)18-9-5-16(13-20)6-10-18/h3-10,13-14,19H,11-12H2,1-2H3. The third kappa shape index (κ3) is 4.74. The van der Waals surface area contributed by atoms with Gasteiger partial charge in [0.2, 0.25) is 10.0 Å². The van der Waals surface area contributed by atoms with Crippen molar-refractivity contribution in [1.29, 1.82) is 0 Å². The van der Waals surface area contributed by atoms with Crippen LogP contribution >= 0.6 is 0 Å². The van der Waals surface area contributed by atoms with Crippen LogP contribution in [0.1, 0.15) is 29.8 Å². The maximum atomic E-state index is 11.7. The molecule has 0 aliphatic heterocycles. The smallest absolute Gasteiger partial charge is 0.213 e. The van der Waals surface area contributed by atoms with Crippen LogP contribution in [0.25, 0.3) is 11.1 Å². The van der Waals surface area contributed by atoms with E-state index in [9.17, 15) is 13.2 Å². The van der Waals surface area contributed by atoms with Gasteiger partial charge in [0.05, 0.1) is 5.25 Å². The van der Waals surface area contributed by atoms with Crippen molar-refractivity contribution in [3.63, 3.8) is 0 Å². The van der Waals surface area contributed by atoms with Crippen LogP contribution < -0.4 is 4.72 Å². The fraction of sp³-hybridized carbons (Fsp3) is 0.278. The van der Waals surface area contributed by atoms with E-state index in [1.165, 1.54) is 0 Å². The molecule has 0 unspecified atom stereocenters. The quantitative estimate of drug-likeness (QED) is 0.793. The molecule has 0 aliphatic rings. The first kappa shape index (κ1) is 17.4. The second kappa shape index (κ2) is 7.53. The van der Waals surface area contributed by atoms with E-state index in [4.69, 9.17) is 0 Å². The van der Waals surface area contributed by atoms with Gasteiger partial charge in [-0.25, -0.2) is 13.1 Å². The average Bonchev–Trinajstić information content (AvgIpc) is 2.55. The van der Waals surface area contributed by atoms with Crippen molar-refractivity contribution < 1.29 is 13.2 Å². The van der Waals surface area contributed by atoms with Gasteiger partial charge >= 0.3 is 0 Å². The molecule has 0 atom stereocenters. The zero-order valence-corrected chi connectivity index (χ0v) is 14.1. The number of carbonyl (C=O) groups excluding carboxylic acids is 1. The Morgan fingerprint density at radius 2 is 1.48 bits per heavy atom. The largest absolute Gasteiger partial charge is 0.298 e. The van der Waals surface area contributed by atoms with Gasteiger partial charge in [-0.15, -0.1) is 0 Å². The molecule has 0 radical (unpaired) electrons. The Kier molecular flexibility index (Phi) is 5.69. The summed E-state index contributed by atoms with van der Waals surface area (Å²) in [5.74, 6) is 0. The van der Waals surface area contributed by atoms with Gasteiger partial charge in [0.1, 0.15) is 6.29 Å². The van der Waals surface area contributed by atoms with Gasteiger partial charge in [-0.3, -0.25) is 4.79 Å². The highest BCUT2D eigenvalue weighted by Gasteiger charge is 2.14. The predicted octanol–water partition coefficient (Wildman–Crippen LogP) is 3.04. The second-order valence-corrected chi connectivity index (χ2v) is 8.00. The number of aldehydes is 1. The number of rotatable bonds is 7. The fourth-order valence-corrected chi connectivity index (χ4v) is 2.84. The van der Waals surface area contributed by atoms with Gasteiger partial charge in [-0.2, -0.15) is 0 Å². The Balaban J connectivity index is 1.98. The summed E-state index contributed by atoms with van der Waals surface area (Å²) in [7, 11) is -3.20. The monoisotopic (exact) mass is 331 g/mol. The van der Waals surface area contributed by atoms with Crippen molar-refractivity contribution in [2.24, 2.45) is 0 Å². The van der Waals surface area contributed by atoms with E-state index in [-0.39, 0.29) is 0 Å². The first-order chi connectivity index (χ1) is 10.9. The summed E-state index contributed by atoms with van der Waals surface area (Å²) in [5.41, 5.74) is 3.84. The molecule has 1 N–H and O–H groups in total. The summed E-state index contributed by atoms with van der Waals surface area (Å²) >= 11 is 0. The maximum Gasteiger partial charge on any atom is 0.213 e. The van der Waals surface area contributed by atoms with E-state index in [1.54, 1.807) is 26.0 Å². The van der Waals surface area contributed by atoms with Crippen LogP contribution in [0.5, 0.6) is 0 Å². The van der Waals surface area contributed by atoms with Crippen molar-refractivity contribution in [3.8, 4) is 11.1 Å². The molecule has 5 heteroatoms. The van der Waals surface area contributed by atoms with Crippen LogP contribution in [0.4, 0.5) is 0 Å². The van der Waals surface area contributed by atoms with E-state index in [2.05, 4.69) is 4.72 Å². The molecular weight excluding hydrogens is 310 g/mol. The van der Waals surface area contributed by atoms with Crippen molar-refractivity contribution in [2.45, 2.75) is 25.5 Å². The molecule has 0 saturated heterocycles. The van der Waals surface area contributed by atoms with Gasteiger partial charge in [0.15, 0.2) is 0 Å². The molecule has 2 rings (SSSR count).